The molecule has 0 bridgehead atoms. The number of nitrogens with zero attached hydrogens (tertiary/aromatic N) is 6. The number of aryl methyl sites for hydroxylation is 1. The molecule has 1 saturated heterocycles. The zero-order valence-corrected chi connectivity index (χ0v) is 21.1. The van der Waals surface area contributed by atoms with Crippen molar-refractivity contribution in [1.29, 1.82) is 0 Å². The van der Waals surface area contributed by atoms with E-state index in [0.29, 0.717) is 5.88 Å². The van der Waals surface area contributed by atoms with Gasteiger partial charge in [-0.1, -0.05) is 18.7 Å². The number of carbonyl (C=O) groups excluding carboxylic acids is 1. The maximum atomic E-state index is 11.0. The number of rotatable bonds is 4. The van der Waals surface area contributed by atoms with Crippen LogP contribution < -0.4 is 15.2 Å². The lowest BCUT2D eigenvalue weighted by Gasteiger charge is -2.29. The molecule has 0 saturated carbocycles. The number of nitrogens with two attached hydrogens (primary N) is 1. The van der Waals surface area contributed by atoms with Crippen LogP contribution in [0.4, 0.5) is 0 Å². The summed E-state index contributed by atoms with van der Waals surface area (Å²) in [6.07, 6.45) is 7.87. The first-order valence-corrected chi connectivity index (χ1v) is 12.3. The monoisotopic (exact) mass is 501 g/mol. The largest absolute Gasteiger partial charge is 0.493 e. The highest BCUT2D eigenvalue weighted by Gasteiger charge is 2.22. The van der Waals surface area contributed by atoms with E-state index in [1.165, 1.54) is 11.6 Å². The van der Waals surface area contributed by atoms with Crippen LogP contribution in [0.1, 0.15) is 18.4 Å². The van der Waals surface area contributed by atoms with Gasteiger partial charge in [0.2, 0.25) is 11.8 Å². The predicted octanol–water partition coefficient (Wildman–Crippen LogP) is 2.86. The highest BCUT2D eigenvalue weighted by Crippen LogP contribution is 2.36. The minimum Gasteiger partial charge on any atom is -0.493 e. The topological polar surface area (TPSA) is 113 Å². The van der Waals surface area contributed by atoms with Crippen molar-refractivity contribution in [3.8, 4) is 34.3 Å². The molecule has 0 spiro atoms. The summed E-state index contributed by atoms with van der Waals surface area (Å²) in [5.74, 6) is 1.48. The third-order valence-electron chi connectivity index (χ3n) is 6.61. The van der Waals surface area contributed by atoms with E-state index in [1.54, 1.807) is 28.9 Å². The van der Waals surface area contributed by atoms with Crippen molar-refractivity contribution in [3.05, 3.63) is 61.1 Å². The van der Waals surface area contributed by atoms with Gasteiger partial charge >= 0.3 is 0 Å². The van der Waals surface area contributed by atoms with E-state index in [2.05, 4.69) is 28.8 Å². The first-order valence-electron chi connectivity index (χ1n) is 12.3. The van der Waals surface area contributed by atoms with E-state index in [-0.39, 0.29) is 11.9 Å². The molecule has 0 atom stereocenters. The second kappa shape index (κ2) is 10.4. The van der Waals surface area contributed by atoms with Crippen LogP contribution in [-0.4, -0.2) is 67.8 Å². The van der Waals surface area contributed by atoms with E-state index >= 15 is 0 Å². The Morgan fingerprint density at radius 3 is 2.76 bits per heavy atom. The van der Waals surface area contributed by atoms with Gasteiger partial charge in [-0.15, -0.1) is 5.10 Å². The van der Waals surface area contributed by atoms with Gasteiger partial charge in [-0.3, -0.25) is 4.79 Å². The number of hydrogen-bond donors (Lipinski definition) is 1. The zero-order chi connectivity index (χ0) is 25.9. The smallest absolute Gasteiger partial charge is 0.245 e. The number of benzene rings is 1. The molecule has 2 aliphatic rings. The number of likely N-dealkylation sites (tertiary alicyclic amines) is 1. The number of ether oxygens (including phenoxy) is 2. The van der Waals surface area contributed by atoms with Gasteiger partial charge in [-0.25, -0.2) is 14.5 Å². The van der Waals surface area contributed by atoms with Crippen LogP contribution in [0, 0.1) is 0 Å². The van der Waals surface area contributed by atoms with Crippen molar-refractivity contribution in [2.24, 2.45) is 12.8 Å². The van der Waals surface area contributed by atoms with E-state index in [4.69, 9.17) is 20.2 Å². The van der Waals surface area contributed by atoms with Crippen LogP contribution in [0.2, 0.25) is 0 Å². The van der Waals surface area contributed by atoms with Gasteiger partial charge in [0.05, 0.1) is 20.0 Å². The molecule has 1 amide bonds. The number of carbonyl (C=O) groups is 1. The lowest BCUT2D eigenvalue weighted by Crippen LogP contribution is -2.42. The van der Waals surface area contributed by atoms with Crippen LogP contribution in [-0.2, 0) is 18.3 Å². The molecule has 0 aliphatic carbocycles. The van der Waals surface area contributed by atoms with Gasteiger partial charge < -0.3 is 24.7 Å². The van der Waals surface area contributed by atoms with Crippen LogP contribution >= 0.6 is 0 Å². The molecule has 1 fully saturated rings. The van der Waals surface area contributed by atoms with Crippen molar-refractivity contribution in [2.45, 2.75) is 25.3 Å². The first kappa shape index (κ1) is 24.5. The maximum absolute atomic E-state index is 11.0. The average Bonchev–Trinajstić information content (AvgIpc) is 3.66. The summed E-state index contributed by atoms with van der Waals surface area (Å²) in [4.78, 5) is 22.2. The Kier molecular flexibility index (Phi) is 6.91. The second-order valence-electron chi connectivity index (χ2n) is 9.17. The van der Waals surface area contributed by atoms with Crippen LogP contribution in [0.15, 0.2) is 55.5 Å². The van der Waals surface area contributed by atoms with Gasteiger partial charge in [-0.05, 0) is 36.6 Å². The summed E-state index contributed by atoms with van der Waals surface area (Å²) >= 11 is 0. The number of amides is 1. The quantitative estimate of drug-likeness (QED) is 0.428. The Morgan fingerprint density at radius 2 is 2.05 bits per heavy atom. The van der Waals surface area contributed by atoms with E-state index in [0.717, 1.165) is 73.0 Å². The molecule has 5 heterocycles. The number of fused-ring (bicyclic) bond motifs is 2. The molecule has 2 N–H and O–H groups in total. The molecule has 4 aromatic rings. The van der Waals surface area contributed by atoms with Gasteiger partial charge in [0, 0.05) is 50.4 Å². The zero-order valence-electron chi connectivity index (χ0n) is 21.1. The summed E-state index contributed by atoms with van der Waals surface area (Å²) in [5, 5.41) is 4.55. The fourth-order valence-electron chi connectivity index (χ4n) is 4.55. The minimum absolute atomic E-state index is 0.0249. The van der Waals surface area contributed by atoms with Crippen molar-refractivity contribution in [2.75, 3.05) is 26.8 Å². The number of methoxy groups -OCH3 is 1. The number of aromatic nitrogens is 5. The standard InChI is InChI=1S/C19H17N5O2.C8H14N2O/c1-23-10-14(20-11-23)19-18(13-4-3-12-7-8-26-15(12)9-13)21-16-5-6-17(25-2)22-24(16)19;1-2-8(11)10-5-3-7(9)4-6-10/h3-6,9-11H,7-8H2,1-2H3;2,7H,1,3-6,9H2. The van der Waals surface area contributed by atoms with Crippen molar-refractivity contribution in [3.63, 3.8) is 0 Å². The number of hydrogen-bond acceptors (Lipinski definition) is 7. The lowest BCUT2D eigenvalue weighted by molar-refractivity contribution is -0.126. The average molecular weight is 502 g/mol. The molecule has 10 nitrogen and oxygen atoms in total. The fourth-order valence-corrected chi connectivity index (χ4v) is 4.55. The lowest BCUT2D eigenvalue weighted by atomic mass is 10.1. The summed E-state index contributed by atoms with van der Waals surface area (Å²) in [7, 11) is 3.54. The minimum atomic E-state index is 0.0249. The number of imidazole rings is 2. The summed E-state index contributed by atoms with van der Waals surface area (Å²) in [6, 6.07) is 10.2. The molecule has 3 aromatic heterocycles. The first-order chi connectivity index (χ1) is 18.0. The summed E-state index contributed by atoms with van der Waals surface area (Å²) in [5.41, 5.74) is 11.1. The van der Waals surface area contributed by atoms with Crippen LogP contribution in [0.25, 0.3) is 28.3 Å². The molecule has 10 heteroatoms. The second-order valence-corrected chi connectivity index (χ2v) is 9.17. The Bertz CT molecular complexity index is 1430. The third kappa shape index (κ3) is 5.05. The SMILES string of the molecule is C=CC(=O)N1CCC(N)CC1.COc1ccc2nc(-c3ccc4c(c3)OCC4)c(-c3cn(C)cn3)n2n1. The van der Waals surface area contributed by atoms with Gasteiger partial charge in [0.15, 0.2) is 5.65 Å². The van der Waals surface area contributed by atoms with Crippen molar-refractivity contribution < 1.29 is 14.3 Å². The van der Waals surface area contributed by atoms with Crippen LogP contribution in [0.5, 0.6) is 11.6 Å². The van der Waals surface area contributed by atoms with E-state index in [9.17, 15) is 4.79 Å². The normalized spacial score (nSPS) is 15.1. The Morgan fingerprint density at radius 1 is 1.24 bits per heavy atom. The fraction of sp³-hybridized carbons (Fsp3) is 0.333. The van der Waals surface area contributed by atoms with Gasteiger partial charge in [-0.2, -0.15) is 0 Å². The Labute approximate surface area is 215 Å². The van der Waals surface area contributed by atoms with Gasteiger partial charge in [0.25, 0.3) is 0 Å². The maximum Gasteiger partial charge on any atom is 0.245 e. The number of piperidine rings is 1. The summed E-state index contributed by atoms with van der Waals surface area (Å²) < 4.78 is 14.7. The highest BCUT2D eigenvalue weighted by atomic mass is 16.5. The molecule has 0 unspecified atom stereocenters. The van der Waals surface area contributed by atoms with E-state index < -0.39 is 0 Å². The molecule has 2 aliphatic heterocycles. The molecular weight excluding hydrogens is 470 g/mol. The van der Waals surface area contributed by atoms with Crippen molar-refractivity contribution in [1.82, 2.24) is 29.0 Å². The highest BCUT2D eigenvalue weighted by molar-refractivity contribution is 5.87. The molecule has 0 radical (unpaired) electrons. The van der Waals surface area contributed by atoms with Crippen molar-refractivity contribution >= 4 is 11.6 Å². The molecule has 6 rings (SSSR count). The third-order valence-corrected chi connectivity index (χ3v) is 6.61. The summed E-state index contributed by atoms with van der Waals surface area (Å²) in [6.45, 7) is 5.73. The molecule has 192 valence electrons. The van der Waals surface area contributed by atoms with E-state index in [1.807, 2.05) is 29.9 Å². The molecule has 37 heavy (non-hydrogen) atoms. The van der Waals surface area contributed by atoms with Gasteiger partial charge in [0.1, 0.15) is 22.8 Å². The predicted molar refractivity (Wildman–Crippen MR) is 140 cm³/mol. The molecule has 1 aromatic carbocycles. The van der Waals surface area contributed by atoms with Crippen LogP contribution in [0.3, 0.4) is 0 Å². The Hall–Kier alpha value is -4.18. The molecular formula is C27H31N7O3. The Balaban J connectivity index is 0.000000215.